The molecule has 2 rings (SSSR count). The maximum atomic E-state index is 4.39. The third-order valence-corrected chi connectivity index (χ3v) is 3.19. The molecule has 0 aromatic rings. The summed E-state index contributed by atoms with van der Waals surface area (Å²) in [4.78, 5) is 7.17. The number of nitrogens with zero attached hydrogens (tertiary/aromatic N) is 2. The van der Waals surface area contributed by atoms with Crippen LogP contribution >= 0.6 is 15.9 Å². The Hall–Kier alpha value is -0.245. The summed E-state index contributed by atoms with van der Waals surface area (Å²) < 4.78 is 0. The van der Waals surface area contributed by atoms with Crippen LogP contribution in [0.3, 0.4) is 0 Å². The van der Waals surface area contributed by atoms with E-state index in [1.165, 1.54) is 25.2 Å². The maximum Gasteiger partial charge on any atom is 0.219 e. The molecule has 4 heteroatoms. The van der Waals surface area contributed by atoms with E-state index in [9.17, 15) is 0 Å². The third kappa shape index (κ3) is 2.60. The maximum absolute atomic E-state index is 4.39. The molecule has 1 unspecified atom stereocenters. The topological polar surface area (TPSA) is 15.6 Å². The molecule has 0 N–H and O–H groups in total. The molecule has 0 amide bonds. The van der Waals surface area contributed by atoms with E-state index in [0.717, 1.165) is 12.3 Å². The minimum absolute atomic E-state index is 0.474. The fourth-order valence-electron chi connectivity index (χ4n) is 1.57. The van der Waals surface area contributed by atoms with Gasteiger partial charge in [0.05, 0.1) is 5.84 Å². The molecule has 0 saturated heterocycles. The van der Waals surface area contributed by atoms with Gasteiger partial charge in [-0.1, -0.05) is 22.0 Å². The van der Waals surface area contributed by atoms with E-state index in [1.807, 2.05) is 6.20 Å². The third-order valence-electron chi connectivity index (χ3n) is 2.57. The van der Waals surface area contributed by atoms with Gasteiger partial charge >= 0.3 is 0 Å². The first-order chi connectivity index (χ1) is 6.25. The van der Waals surface area contributed by atoms with Crippen molar-refractivity contribution in [2.75, 3.05) is 6.54 Å². The summed E-state index contributed by atoms with van der Waals surface area (Å²) in [6.07, 6.45) is 7.84. The average Bonchev–Trinajstić information content (AvgIpc) is 2.88. The van der Waals surface area contributed by atoms with Gasteiger partial charge in [-0.25, -0.2) is 4.99 Å². The van der Waals surface area contributed by atoms with Gasteiger partial charge in [-0.2, -0.15) is 0 Å². The molecule has 0 radical (unpaired) electrons. The molecule has 1 aliphatic heterocycles. The van der Waals surface area contributed by atoms with E-state index < -0.39 is 0 Å². The van der Waals surface area contributed by atoms with Gasteiger partial charge in [0.1, 0.15) is 0 Å². The Morgan fingerprint density at radius 2 is 2.38 bits per heavy atom. The van der Waals surface area contributed by atoms with Crippen molar-refractivity contribution < 1.29 is 0 Å². The second kappa shape index (κ2) is 3.87. The number of hydrogen-bond donors (Lipinski definition) is 0. The normalized spacial score (nSPS) is 27.2. The van der Waals surface area contributed by atoms with E-state index in [0.29, 0.717) is 4.83 Å². The lowest BCUT2D eigenvalue weighted by molar-refractivity contribution is 0.582. The zero-order valence-corrected chi connectivity index (χ0v) is 9.50. The van der Waals surface area contributed by atoms with Gasteiger partial charge in [-0.3, -0.25) is 0 Å². The minimum Gasteiger partial charge on any atom is -0.410 e. The fraction of sp³-hybridized carbons (Fsp3) is 0.667. The van der Waals surface area contributed by atoms with Crippen LogP contribution in [0.1, 0.15) is 19.3 Å². The number of amidine groups is 1. The van der Waals surface area contributed by atoms with Crippen LogP contribution in [0, 0.1) is 5.92 Å². The van der Waals surface area contributed by atoms with Crippen molar-refractivity contribution in [2.24, 2.45) is 10.9 Å². The first kappa shape index (κ1) is 9.32. The predicted molar refractivity (Wildman–Crippen MR) is 61.9 cm³/mol. The Morgan fingerprint density at radius 3 is 3.00 bits per heavy atom. The van der Waals surface area contributed by atoms with Gasteiger partial charge in [0.15, 0.2) is 0 Å². The van der Waals surface area contributed by atoms with Crippen LogP contribution < -0.4 is 0 Å². The molecule has 1 aliphatic carbocycles. The Labute approximate surface area is 88.7 Å². The molecule has 0 bridgehead atoms. The van der Waals surface area contributed by atoms with E-state index in [-0.39, 0.29) is 0 Å². The number of hydrogen-bond acceptors (Lipinski definition) is 2. The standard InChI is InChI=1S/C9H14BBrN2/c10-13(6-7-1-2-7)9-5-8(11)3-4-12-9/h3-4,7-8H,1-2,5-6,10H2. The second-order valence-corrected chi connectivity index (χ2v) is 5.11. The highest BCUT2D eigenvalue weighted by Crippen LogP contribution is 2.29. The zero-order chi connectivity index (χ0) is 9.26. The summed E-state index contributed by atoms with van der Waals surface area (Å²) in [6, 6.07) is 0. The lowest BCUT2D eigenvalue weighted by Crippen LogP contribution is -2.32. The smallest absolute Gasteiger partial charge is 0.219 e. The van der Waals surface area contributed by atoms with Crippen molar-refractivity contribution >= 4 is 29.7 Å². The molecule has 1 heterocycles. The molecule has 0 spiro atoms. The highest BCUT2D eigenvalue weighted by atomic mass is 79.9. The molecule has 2 aliphatic rings. The molecular weight excluding hydrogens is 227 g/mol. The lowest BCUT2D eigenvalue weighted by Gasteiger charge is -2.24. The number of alkyl halides is 1. The van der Waals surface area contributed by atoms with Gasteiger partial charge in [0.25, 0.3) is 0 Å². The number of allylic oxidation sites excluding steroid dienone is 1. The van der Waals surface area contributed by atoms with Gasteiger partial charge in [0, 0.05) is 24.0 Å². The molecule has 70 valence electrons. The van der Waals surface area contributed by atoms with E-state index in [4.69, 9.17) is 0 Å². The average molecular weight is 241 g/mol. The largest absolute Gasteiger partial charge is 0.410 e. The van der Waals surface area contributed by atoms with Crippen molar-refractivity contribution in [1.29, 1.82) is 0 Å². The number of rotatable bonds is 2. The molecule has 0 aromatic carbocycles. The minimum atomic E-state index is 0.474. The molecule has 1 atom stereocenters. The highest BCUT2D eigenvalue weighted by molar-refractivity contribution is 9.09. The predicted octanol–water partition coefficient (Wildman–Crippen LogP) is 1.33. The van der Waals surface area contributed by atoms with Gasteiger partial charge in [-0.15, -0.1) is 0 Å². The summed E-state index contributed by atoms with van der Waals surface area (Å²) >= 11 is 3.58. The Balaban J connectivity index is 1.90. The fourth-order valence-corrected chi connectivity index (χ4v) is 1.99. The summed E-state index contributed by atoms with van der Waals surface area (Å²) in [6.45, 7) is 1.19. The summed E-state index contributed by atoms with van der Waals surface area (Å²) in [5, 5.41) is 0. The molecule has 0 aromatic heterocycles. The van der Waals surface area contributed by atoms with Gasteiger partial charge in [-0.05, 0) is 18.8 Å². The summed E-state index contributed by atoms with van der Waals surface area (Å²) in [5.74, 6) is 2.16. The van der Waals surface area contributed by atoms with E-state index in [1.54, 1.807) is 0 Å². The van der Waals surface area contributed by atoms with Crippen LogP contribution in [-0.2, 0) is 0 Å². The zero-order valence-electron chi connectivity index (χ0n) is 7.91. The highest BCUT2D eigenvalue weighted by Gasteiger charge is 2.24. The summed E-state index contributed by atoms with van der Waals surface area (Å²) in [7, 11) is 2.15. The Bertz CT molecular complexity index is 248. The van der Waals surface area contributed by atoms with Crippen molar-refractivity contribution in [3.63, 3.8) is 0 Å². The molecular formula is C9H14BBrN2. The van der Waals surface area contributed by atoms with Crippen LogP contribution in [-0.4, -0.2) is 30.0 Å². The van der Waals surface area contributed by atoms with Crippen LogP contribution in [0.5, 0.6) is 0 Å². The van der Waals surface area contributed by atoms with Crippen molar-refractivity contribution in [2.45, 2.75) is 24.1 Å². The van der Waals surface area contributed by atoms with E-state index >= 15 is 0 Å². The SMILES string of the molecule is BN(CC1CC1)C1=NC=CC(Br)C1. The summed E-state index contributed by atoms with van der Waals surface area (Å²) in [5.41, 5.74) is 0. The first-order valence-electron chi connectivity index (χ1n) is 4.84. The monoisotopic (exact) mass is 240 g/mol. The quantitative estimate of drug-likeness (QED) is 0.525. The van der Waals surface area contributed by atoms with Crippen molar-refractivity contribution in [3.8, 4) is 0 Å². The van der Waals surface area contributed by atoms with Crippen molar-refractivity contribution in [3.05, 3.63) is 12.3 Å². The Kier molecular flexibility index (Phi) is 2.77. The number of aliphatic imine (C=N–C) groups is 1. The molecule has 1 saturated carbocycles. The second-order valence-electron chi connectivity index (χ2n) is 3.93. The van der Waals surface area contributed by atoms with Crippen LogP contribution in [0.2, 0.25) is 0 Å². The number of halogens is 1. The van der Waals surface area contributed by atoms with Crippen LogP contribution in [0.4, 0.5) is 0 Å². The van der Waals surface area contributed by atoms with Crippen molar-refractivity contribution in [1.82, 2.24) is 4.81 Å². The molecule has 1 fully saturated rings. The van der Waals surface area contributed by atoms with E-state index in [2.05, 4.69) is 39.8 Å². The van der Waals surface area contributed by atoms with Gasteiger partial charge in [0.2, 0.25) is 7.98 Å². The Morgan fingerprint density at radius 1 is 1.62 bits per heavy atom. The first-order valence-corrected chi connectivity index (χ1v) is 5.76. The molecule has 2 nitrogen and oxygen atoms in total. The van der Waals surface area contributed by atoms with Gasteiger partial charge < -0.3 is 4.81 Å². The lowest BCUT2D eigenvalue weighted by atomic mass is 10.1. The molecule has 13 heavy (non-hydrogen) atoms. The van der Waals surface area contributed by atoms with Crippen LogP contribution in [0.25, 0.3) is 0 Å². The van der Waals surface area contributed by atoms with Crippen LogP contribution in [0.15, 0.2) is 17.3 Å².